The molecule has 0 N–H and O–H groups in total. The number of benzene rings is 1. The molecule has 0 fully saturated rings. The first-order chi connectivity index (χ1) is 11.4. The zero-order valence-electron chi connectivity index (χ0n) is 14.8. The third-order valence-electron chi connectivity index (χ3n) is 3.22. The molecule has 1 aromatic carbocycles. The SMILES string of the molecule is C=C(C)CN(CC)C(=O)COC(=O)c1ccc(OC)c(OCC)c1. The lowest BCUT2D eigenvalue weighted by atomic mass is 10.2. The van der Waals surface area contributed by atoms with Gasteiger partial charge in [0.2, 0.25) is 0 Å². The second-order valence-electron chi connectivity index (χ2n) is 5.24. The van der Waals surface area contributed by atoms with Crippen LogP contribution in [0.1, 0.15) is 31.1 Å². The van der Waals surface area contributed by atoms with E-state index in [0.717, 1.165) is 5.57 Å². The van der Waals surface area contributed by atoms with E-state index in [4.69, 9.17) is 14.2 Å². The molecule has 0 unspecified atom stereocenters. The number of amides is 1. The predicted octanol–water partition coefficient (Wildman–Crippen LogP) is 2.68. The van der Waals surface area contributed by atoms with Gasteiger partial charge in [-0.05, 0) is 39.0 Å². The largest absolute Gasteiger partial charge is 0.493 e. The van der Waals surface area contributed by atoms with Crippen molar-refractivity contribution in [3.05, 3.63) is 35.9 Å². The predicted molar refractivity (Wildman–Crippen MR) is 91.5 cm³/mol. The summed E-state index contributed by atoms with van der Waals surface area (Å²) in [4.78, 5) is 25.8. The Morgan fingerprint density at radius 2 is 1.92 bits per heavy atom. The minimum atomic E-state index is -0.585. The number of carbonyl (C=O) groups excluding carboxylic acids is 2. The molecule has 24 heavy (non-hydrogen) atoms. The normalized spacial score (nSPS) is 10.0. The van der Waals surface area contributed by atoms with Crippen molar-refractivity contribution in [3.8, 4) is 11.5 Å². The summed E-state index contributed by atoms with van der Waals surface area (Å²) < 4.78 is 15.7. The minimum Gasteiger partial charge on any atom is -0.493 e. The Balaban J connectivity index is 2.72. The van der Waals surface area contributed by atoms with Crippen molar-refractivity contribution in [2.75, 3.05) is 33.4 Å². The zero-order chi connectivity index (χ0) is 18.1. The van der Waals surface area contributed by atoms with E-state index in [1.807, 2.05) is 20.8 Å². The number of likely N-dealkylation sites (N-methyl/N-ethyl adjacent to an activating group) is 1. The molecule has 0 aliphatic rings. The minimum absolute atomic E-state index is 0.257. The lowest BCUT2D eigenvalue weighted by Crippen LogP contribution is -2.35. The maximum atomic E-state index is 12.1. The number of hydrogen-bond acceptors (Lipinski definition) is 5. The third kappa shape index (κ3) is 5.61. The molecule has 132 valence electrons. The molecule has 1 aromatic rings. The smallest absolute Gasteiger partial charge is 0.338 e. The Kier molecular flexibility index (Phi) is 7.82. The molecule has 0 aliphatic carbocycles. The van der Waals surface area contributed by atoms with E-state index >= 15 is 0 Å². The fourth-order valence-corrected chi connectivity index (χ4v) is 2.08. The van der Waals surface area contributed by atoms with Crippen LogP contribution in [-0.4, -0.2) is 50.2 Å². The quantitative estimate of drug-likeness (QED) is 0.513. The van der Waals surface area contributed by atoms with E-state index in [-0.39, 0.29) is 12.5 Å². The first-order valence-electron chi connectivity index (χ1n) is 7.83. The number of methoxy groups -OCH3 is 1. The Bertz CT molecular complexity index is 597. The molecule has 1 amide bonds. The molecule has 6 nitrogen and oxygen atoms in total. The summed E-state index contributed by atoms with van der Waals surface area (Å²) in [5.74, 6) is 0.145. The van der Waals surface area contributed by atoms with Gasteiger partial charge in [0.1, 0.15) is 0 Å². The fourth-order valence-electron chi connectivity index (χ4n) is 2.08. The van der Waals surface area contributed by atoms with Gasteiger partial charge in [-0.2, -0.15) is 0 Å². The Morgan fingerprint density at radius 1 is 1.21 bits per heavy atom. The maximum absolute atomic E-state index is 12.1. The molecule has 0 aromatic heterocycles. The molecular weight excluding hydrogens is 310 g/mol. The van der Waals surface area contributed by atoms with Gasteiger partial charge in [-0.1, -0.05) is 12.2 Å². The summed E-state index contributed by atoms with van der Waals surface area (Å²) in [7, 11) is 1.52. The molecular formula is C18H25NO5. The molecule has 0 bridgehead atoms. The summed E-state index contributed by atoms with van der Waals surface area (Å²) in [6.45, 7) is 10.4. The molecule has 0 spiro atoms. The highest BCUT2D eigenvalue weighted by Crippen LogP contribution is 2.28. The van der Waals surface area contributed by atoms with Gasteiger partial charge in [0.05, 0.1) is 19.3 Å². The van der Waals surface area contributed by atoms with E-state index in [1.54, 1.807) is 23.1 Å². The number of esters is 1. The highest BCUT2D eigenvalue weighted by Gasteiger charge is 2.17. The van der Waals surface area contributed by atoms with E-state index in [1.165, 1.54) is 7.11 Å². The van der Waals surface area contributed by atoms with E-state index < -0.39 is 5.97 Å². The first kappa shape index (κ1) is 19.5. The Hall–Kier alpha value is -2.50. The van der Waals surface area contributed by atoms with Gasteiger partial charge in [-0.3, -0.25) is 4.79 Å². The fraction of sp³-hybridized carbons (Fsp3) is 0.444. The Morgan fingerprint density at radius 3 is 2.46 bits per heavy atom. The molecule has 1 rings (SSSR count). The summed E-state index contributed by atoms with van der Waals surface area (Å²) in [5, 5.41) is 0. The highest BCUT2D eigenvalue weighted by atomic mass is 16.5. The van der Waals surface area contributed by atoms with Gasteiger partial charge in [-0.25, -0.2) is 4.79 Å². The molecule has 0 saturated carbocycles. The molecule has 6 heteroatoms. The van der Waals surface area contributed by atoms with Crippen molar-refractivity contribution < 1.29 is 23.8 Å². The number of rotatable bonds is 9. The van der Waals surface area contributed by atoms with Crippen LogP contribution in [0.4, 0.5) is 0 Å². The summed E-state index contributed by atoms with van der Waals surface area (Å²) in [6, 6.07) is 4.74. The van der Waals surface area contributed by atoms with E-state index in [0.29, 0.717) is 36.8 Å². The van der Waals surface area contributed by atoms with Crippen LogP contribution in [0.25, 0.3) is 0 Å². The van der Waals surface area contributed by atoms with Gasteiger partial charge in [0, 0.05) is 13.1 Å². The average molecular weight is 335 g/mol. The molecule has 0 atom stereocenters. The van der Waals surface area contributed by atoms with Crippen LogP contribution in [0.15, 0.2) is 30.4 Å². The zero-order valence-corrected chi connectivity index (χ0v) is 14.8. The van der Waals surface area contributed by atoms with Crippen molar-refractivity contribution in [2.24, 2.45) is 0 Å². The van der Waals surface area contributed by atoms with Crippen LogP contribution >= 0.6 is 0 Å². The first-order valence-corrected chi connectivity index (χ1v) is 7.83. The van der Waals surface area contributed by atoms with Crippen molar-refractivity contribution >= 4 is 11.9 Å². The number of carbonyl (C=O) groups is 2. The van der Waals surface area contributed by atoms with E-state index in [9.17, 15) is 9.59 Å². The van der Waals surface area contributed by atoms with Gasteiger partial charge < -0.3 is 19.1 Å². The third-order valence-corrected chi connectivity index (χ3v) is 3.22. The number of hydrogen-bond donors (Lipinski definition) is 0. The van der Waals surface area contributed by atoms with Crippen LogP contribution < -0.4 is 9.47 Å². The van der Waals surface area contributed by atoms with Gasteiger partial charge in [0.15, 0.2) is 18.1 Å². The van der Waals surface area contributed by atoms with Crippen LogP contribution in [0, 0.1) is 0 Å². The van der Waals surface area contributed by atoms with Crippen molar-refractivity contribution in [3.63, 3.8) is 0 Å². The molecule has 0 saturated heterocycles. The Labute approximate surface area is 143 Å². The van der Waals surface area contributed by atoms with Crippen molar-refractivity contribution in [1.82, 2.24) is 4.90 Å². The summed E-state index contributed by atoms with van der Waals surface area (Å²) >= 11 is 0. The van der Waals surface area contributed by atoms with Crippen LogP contribution in [0.3, 0.4) is 0 Å². The molecule has 0 radical (unpaired) electrons. The summed E-state index contributed by atoms with van der Waals surface area (Å²) in [5.41, 5.74) is 1.17. The lowest BCUT2D eigenvalue weighted by Gasteiger charge is -2.20. The second-order valence-corrected chi connectivity index (χ2v) is 5.24. The standard InChI is InChI=1S/C18H25NO5/c1-6-19(11-13(3)4)17(20)12-24-18(21)14-8-9-15(22-5)16(10-14)23-7-2/h8-10H,3,6-7,11-12H2,1-2,4-5H3. The van der Waals surface area contributed by atoms with Gasteiger partial charge in [0.25, 0.3) is 5.91 Å². The second kappa shape index (κ2) is 9.60. The van der Waals surface area contributed by atoms with Crippen molar-refractivity contribution in [2.45, 2.75) is 20.8 Å². The van der Waals surface area contributed by atoms with Gasteiger partial charge >= 0.3 is 5.97 Å². The number of nitrogens with zero attached hydrogens (tertiary/aromatic N) is 1. The van der Waals surface area contributed by atoms with E-state index in [2.05, 4.69) is 6.58 Å². The summed E-state index contributed by atoms with van der Waals surface area (Å²) in [6.07, 6.45) is 0. The monoisotopic (exact) mass is 335 g/mol. The van der Waals surface area contributed by atoms with Crippen LogP contribution in [-0.2, 0) is 9.53 Å². The average Bonchev–Trinajstić information content (AvgIpc) is 2.57. The maximum Gasteiger partial charge on any atom is 0.338 e. The topological polar surface area (TPSA) is 65.1 Å². The van der Waals surface area contributed by atoms with Crippen LogP contribution in [0.2, 0.25) is 0 Å². The molecule has 0 aliphatic heterocycles. The van der Waals surface area contributed by atoms with Gasteiger partial charge in [-0.15, -0.1) is 0 Å². The van der Waals surface area contributed by atoms with Crippen molar-refractivity contribution in [1.29, 1.82) is 0 Å². The highest BCUT2D eigenvalue weighted by molar-refractivity contribution is 5.92. The lowest BCUT2D eigenvalue weighted by molar-refractivity contribution is -0.133. The number of ether oxygens (including phenoxy) is 3. The molecule has 0 heterocycles. The van der Waals surface area contributed by atoms with Crippen LogP contribution in [0.5, 0.6) is 11.5 Å².